The van der Waals surface area contributed by atoms with E-state index < -0.39 is 0 Å². The molecule has 3 aromatic heterocycles. The van der Waals surface area contributed by atoms with Gasteiger partial charge < -0.3 is 15.0 Å². The predicted octanol–water partition coefficient (Wildman–Crippen LogP) is 6.77. The molecule has 0 aliphatic rings. The Morgan fingerprint density at radius 1 is 0.884 bits per heavy atom. The van der Waals surface area contributed by atoms with Crippen LogP contribution in [0.15, 0.2) is 115 Å². The number of hydrogen-bond donors (Lipinski definition) is 2. The number of hydrogen-bond acceptors (Lipinski definition) is 6. The lowest BCUT2D eigenvalue weighted by Gasteiger charge is -2.21. The summed E-state index contributed by atoms with van der Waals surface area (Å²) in [4.78, 5) is 27.5. The van der Waals surface area contributed by atoms with E-state index in [2.05, 4.69) is 79.9 Å². The molecule has 7 nitrogen and oxygen atoms in total. The maximum atomic E-state index is 12.8. The van der Waals surface area contributed by atoms with Gasteiger partial charge >= 0.3 is 0 Å². The topological polar surface area (TPSA) is 83.1 Å². The number of nitrogens with one attached hydrogen (secondary N) is 2. The van der Waals surface area contributed by atoms with Crippen LogP contribution in [-0.2, 0) is 32.7 Å². The lowest BCUT2D eigenvalue weighted by Crippen LogP contribution is -2.26. The molecule has 1 amide bonds. The van der Waals surface area contributed by atoms with Gasteiger partial charge in [0.25, 0.3) is 5.91 Å². The summed E-state index contributed by atoms with van der Waals surface area (Å²) in [5, 5.41) is 6.92. The highest BCUT2D eigenvalue weighted by molar-refractivity contribution is 7.09. The number of nitrogens with zero attached hydrogens (tertiary/aromatic N) is 3. The number of rotatable bonds is 13. The Morgan fingerprint density at radius 2 is 1.70 bits per heavy atom. The van der Waals surface area contributed by atoms with E-state index in [1.54, 1.807) is 6.20 Å². The number of benzene rings is 3. The summed E-state index contributed by atoms with van der Waals surface area (Å²) >= 11 is 1.52. The molecule has 0 radical (unpaired) electrons. The maximum Gasteiger partial charge on any atom is 0.271 e. The minimum atomic E-state index is -0.190. The SMILES string of the molecule is O=C(NCc1ccccn1)c1csc(CN(CCc2c[nH]c3ccccc23)Cc2ccc(OCc3ccccc3)cc2)n1. The van der Waals surface area contributed by atoms with Crippen molar-refractivity contribution in [2.75, 3.05) is 6.54 Å². The van der Waals surface area contributed by atoms with Crippen molar-refractivity contribution in [3.05, 3.63) is 148 Å². The molecule has 3 aromatic carbocycles. The van der Waals surface area contributed by atoms with E-state index in [0.717, 1.165) is 47.0 Å². The molecule has 0 saturated heterocycles. The van der Waals surface area contributed by atoms with Gasteiger partial charge in [0.1, 0.15) is 23.1 Å². The van der Waals surface area contributed by atoms with Gasteiger partial charge in [-0.05, 0) is 53.4 Å². The molecular weight excluding hydrogens is 554 g/mol. The van der Waals surface area contributed by atoms with Gasteiger partial charge in [0, 0.05) is 41.8 Å². The Balaban J connectivity index is 1.12. The summed E-state index contributed by atoms with van der Waals surface area (Å²) in [5.41, 5.74) is 6.02. The summed E-state index contributed by atoms with van der Waals surface area (Å²) < 4.78 is 5.99. The molecule has 0 aliphatic carbocycles. The van der Waals surface area contributed by atoms with Crippen LogP contribution in [0.2, 0.25) is 0 Å². The zero-order valence-corrected chi connectivity index (χ0v) is 24.6. The van der Waals surface area contributed by atoms with Gasteiger partial charge in [-0.1, -0.05) is 66.7 Å². The normalized spacial score (nSPS) is 11.2. The minimum Gasteiger partial charge on any atom is -0.489 e. The van der Waals surface area contributed by atoms with Crippen LogP contribution in [0, 0.1) is 0 Å². The van der Waals surface area contributed by atoms with E-state index in [-0.39, 0.29) is 5.91 Å². The third-order valence-electron chi connectivity index (χ3n) is 7.25. The highest BCUT2D eigenvalue weighted by atomic mass is 32.1. The Bertz CT molecular complexity index is 1750. The molecule has 43 heavy (non-hydrogen) atoms. The fourth-order valence-corrected chi connectivity index (χ4v) is 5.78. The third kappa shape index (κ3) is 7.74. The number of aromatic nitrogens is 3. The Morgan fingerprint density at radius 3 is 2.53 bits per heavy atom. The molecule has 216 valence electrons. The van der Waals surface area contributed by atoms with Crippen LogP contribution in [0.4, 0.5) is 0 Å². The van der Waals surface area contributed by atoms with Crippen molar-refractivity contribution in [3.63, 3.8) is 0 Å². The molecule has 0 saturated carbocycles. The van der Waals surface area contributed by atoms with Gasteiger partial charge in [-0.2, -0.15) is 0 Å². The zero-order valence-electron chi connectivity index (χ0n) is 23.8. The molecule has 6 rings (SSSR count). The lowest BCUT2D eigenvalue weighted by atomic mass is 10.1. The quantitative estimate of drug-likeness (QED) is 0.156. The second-order valence-corrected chi connectivity index (χ2v) is 11.3. The number of aromatic amines is 1. The van der Waals surface area contributed by atoms with Crippen LogP contribution in [0.1, 0.15) is 37.9 Å². The molecule has 0 spiro atoms. The van der Waals surface area contributed by atoms with Crippen molar-refractivity contribution in [2.45, 2.75) is 32.7 Å². The number of ether oxygens (including phenoxy) is 1. The van der Waals surface area contributed by atoms with Crippen LogP contribution in [-0.4, -0.2) is 32.3 Å². The highest BCUT2D eigenvalue weighted by Crippen LogP contribution is 2.21. The molecular formula is C35H33N5O2S. The Hall–Kier alpha value is -4.79. The number of pyridine rings is 1. The first-order valence-corrected chi connectivity index (χ1v) is 15.2. The summed E-state index contributed by atoms with van der Waals surface area (Å²) in [6.45, 7) is 3.15. The van der Waals surface area contributed by atoms with E-state index in [4.69, 9.17) is 4.74 Å². The van der Waals surface area contributed by atoms with Gasteiger partial charge in [0.2, 0.25) is 0 Å². The van der Waals surface area contributed by atoms with Gasteiger partial charge in [0.05, 0.1) is 18.8 Å². The number of carbonyl (C=O) groups excluding carboxylic acids is 1. The van der Waals surface area contributed by atoms with E-state index in [1.165, 1.54) is 27.8 Å². The highest BCUT2D eigenvalue weighted by Gasteiger charge is 2.15. The monoisotopic (exact) mass is 587 g/mol. The molecule has 0 bridgehead atoms. The van der Waals surface area contributed by atoms with E-state index >= 15 is 0 Å². The Labute approximate surface area is 255 Å². The average Bonchev–Trinajstić information content (AvgIpc) is 3.70. The van der Waals surface area contributed by atoms with Gasteiger partial charge in [-0.25, -0.2) is 4.98 Å². The van der Waals surface area contributed by atoms with Crippen molar-refractivity contribution in [1.82, 2.24) is 25.2 Å². The zero-order chi connectivity index (χ0) is 29.3. The van der Waals surface area contributed by atoms with E-state index in [9.17, 15) is 4.79 Å². The molecule has 2 N–H and O–H groups in total. The van der Waals surface area contributed by atoms with E-state index in [1.807, 2.05) is 53.9 Å². The van der Waals surface area contributed by atoms with Crippen LogP contribution < -0.4 is 10.1 Å². The van der Waals surface area contributed by atoms with Gasteiger partial charge in [0.15, 0.2) is 0 Å². The lowest BCUT2D eigenvalue weighted by molar-refractivity contribution is 0.0945. The van der Waals surface area contributed by atoms with Crippen LogP contribution in [0.5, 0.6) is 5.75 Å². The van der Waals surface area contributed by atoms with Crippen LogP contribution >= 0.6 is 11.3 Å². The van der Waals surface area contributed by atoms with Crippen molar-refractivity contribution < 1.29 is 9.53 Å². The summed E-state index contributed by atoms with van der Waals surface area (Å²) in [7, 11) is 0. The Kier molecular flexibility index (Phi) is 9.17. The van der Waals surface area contributed by atoms with Crippen molar-refractivity contribution >= 4 is 28.1 Å². The third-order valence-corrected chi connectivity index (χ3v) is 8.08. The largest absolute Gasteiger partial charge is 0.489 e. The number of carbonyl (C=O) groups is 1. The second kappa shape index (κ2) is 13.9. The number of H-pyrrole nitrogens is 1. The molecule has 8 heteroatoms. The molecule has 0 unspecified atom stereocenters. The van der Waals surface area contributed by atoms with Gasteiger partial charge in [-0.3, -0.25) is 14.7 Å². The summed E-state index contributed by atoms with van der Waals surface area (Å²) in [5.74, 6) is 0.656. The first-order chi connectivity index (χ1) is 21.2. The minimum absolute atomic E-state index is 0.190. The molecule has 3 heterocycles. The molecule has 0 aliphatic heterocycles. The van der Waals surface area contributed by atoms with Crippen molar-refractivity contribution in [2.24, 2.45) is 0 Å². The first kappa shape index (κ1) is 28.3. The maximum absolute atomic E-state index is 12.8. The molecule has 6 aromatic rings. The van der Waals surface area contributed by atoms with Crippen LogP contribution in [0.3, 0.4) is 0 Å². The summed E-state index contributed by atoms with van der Waals surface area (Å²) in [6, 6.07) is 32.5. The van der Waals surface area contributed by atoms with Gasteiger partial charge in [-0.15, -0.1) is 11.3 Å². The number of fused-ring (bicyclic) bond motifs is 1. The molecule has 0 fully saturated rings. The second-order valence-electron chi connectivity index (χ2n) is 10.4. The first-order valence-electron chi connectivity index (χ1n) is 14.3. The fourth-order valence-electron chi connectivity index (χ4n) is 4.96. The fraction of sp³-hybridized carbons (Fsp3) is 0.171. The smallest absolute Gasteiger partial charge is 0.271 e. The van der Waals surface area contributed by atoms with Crippen LogP contribution in [0.25, 0.3) is 10.9 Å². The number of thiazole rings is 1. The average molecular weight is 588 g/mol. The number of para-hydroxylation sites is 1. The van der Waals surface area contributed by atoms with E-state index in [0.29, 0.717) is 25.4 Å². The van der Waals surface area contributed by atoms with Crippen molar-refractivity contribution in [1.29, 1.82) is 0 Å². The molecule has 0 atom stereocenters. The van der Waals surface area contributed by atoms with Crippen molar-refractivity contribution in [3.8, 4) is 5.75 Å². The predicted molar refractivity (Wildman–Crippen MR) is 171 cm³/mol. The summed E-state index contributed by atoms with van der Waals surface area (Å²) in [6.07, 6.45) is 4.72. The standard InChI is InChI=1S/C35H33N5O2S/c41-35(38-21-29-10-6-7-18-36-29)33-25-43-34(39-33)23-40(19-17-28-20-37-32-12-5-4-11-31(28)32)22-26-13-15-30(16-14-26)42-24-27-8-2-1-3-9-27/h1-16,18,20,25,37H,17,19,21-24H2,(H,38,41). The number of amides is 1.